The van der Waals surface area contributed by atoms with E-state index in [0.717, 1.165) is 12.5 Å². The second-order valence-electron chi connectivity index (χ2n) is 5.95. The number of amides is 1. The summed E-state index contributed by atoms with van der Waals surface area (Å²) in [6.45, 7) is 0.397. The minimum absolute atomic E-state index is 0.105. The second-order valence-corrected chi connectivity index (χ2v) is 7.96. The van der Waals surface area contributed by atoms with Gasteiger partial charge in [0.15, 0.2) is 0 Å². The molecule has 0 spiro atoms. The Morgan fingerprint density at radius 2 is 2.00 bits per heavy atom. The summed E-state index contributed by atoms with van der Waals surface area (Å²) in [6, 6.07) is 10.1. The number of carbonyl (C=O) groups is 1. The third kappa shape index (κ3) is 3.80. The zero-order valence-corrected chi connectivity index (χ0v) is 15.1. The summed E-state index contributed by atoms with van der Waals surface area (Å²) in [5.74, 6) is -0.521. The number of nitrogens with zero attached hydrogens (tertiary/aromatic N) is 1. The summed E-state index contributed by atoms with van der Waals surface area (Å²) in [5.41, 5.74) is 1.05. The first-order chi connectivity index (χ1) is 12.4. The van der Waals surface area contributed by atoms with E-state index in [4.69, 9.17) is 4.74 Å². The third-order valence-corrected chi connectivity index (χ3v) is 6.00. The summed E-state index contributed by atoms with van der Waals surface area (Å²) in [7, 11) is -1.93. The molecule has 0 unspecified atom stereocenters. The molecule has 6 nitrogen and oxygen atoms in total. The number of hydrogen-bond acceptors (Lipinski definition) is 4. The molecule has 138 valence electrons. The molecule has 0 aliphatic carbocycles. The molecule has 2 aromatic carbocycles. The van der Waals surface area contributed by atoms with Gasteiger partial charge in [0, 0.05) is 23.9 Å². The molecule has 0 bridgehead atoms. The minimum atomic E-state index is -3.37. The predicted octanol–water partition coefficient (Wildman–Crippen LogP) is 3.02. The van der Waals surface area contributed by atoms with Crippen LogP contribution < -0.4 is 14.4 Å². The van der Waals surface area contributed by atoms with E-state index in [-0.39, 0.29) is 11.3 Å². The van der Waals surface area contributed by atoms with Gasteiger partial charge in [-0.3, -0.25) is 9.10 Å². The van der Waals surface area contributed by atoms with Crippen LogP contribution in [0.2, 0.25) is 0 Å². The molecule has 1 N–H and O–H groups in total. The van der Waals surface area contributed by atoms with Gasteiger partial charge in [-0.2, -0.15) is 0 Å². The molecular formula is C18H19FN2O4S. The molecule has 1 heterocycles. The second kappa shape index (κ2) is 7.33. The van der Waals surface area contributed by atoms with Gasteiger partial charge in [0.05, 0.1) is 18.6 Å². The van der Waals surface area contributed by atoms with Gasteiger partial charge < -0.3 is 10.1 Å². The average molecular weight is 378 g/mol. The highest BCUT2D eigenvalue weighted by Gasteiger charge is 2.28. The first kappa shape index (κ1) is 18.2. The van der Waals surface area contributed by atoms with E-state index in [1.54, 1.807) is 18.2 Å². The lowest BCUT2D eigenvalue weighted by Crippen LogP contribution is -2.38. The van der Waals surface area contributed by atoms with Crippen molar-refractivity contribution in [3.8, 4) is 5.75 Å². The van der Waals surface area contributed by atoms with E-state index in [2.05, 4.69) is 5.32 Å². The van der Waals surface area contributed by atoms with Crippen molar-refractivity contribution in [2.24, 2.45) is 0 Å². The molecule has 2 aromatic rings. The van der Waals surface area contributed by atoms with Crippen LogP contribution in [-0.4, -0.2) is 33.7 Å². The van der Waals surface area contributed by atoms with Gasteiger partial charge in [0.1, 0.15) is 11.6 Å². The average Bonchev–Trinajstić information content (AvgIpc) is 2.61. The Morgan fingerprint density at radius 1 is 1.19 bits per heavy atom. The molecule has 0 saturated carbocycles. The zero-order chi connectivity index (χ0) is 18.7. The fourth-order valence-electron chi connectivity index (χ4n) is 2.85. The molecule has 1 aliphatic heterocycles. The topological polar surface area (TPSA) is 75.7 Å². The minimum Gasteiger partial charge on any atom is -0.494 e. The Bertz CT molecular complexity index is 931. The molecule has 1 saturated heterocycles. The van der Waals surface area contributed by atoms with Gasteiger partial charge in [-0.15, -0.1) is 0 Å². The number of ether oxygens (including phenoxy) is 1. The maximum atomic E-state index is 13.3. The zero-order valence-electron chi connectivity index (χ0n) is 14.2. The van der Waals surface area contributed by atoms with Crippen LogP contribution in [0.1, 0.15) is 23.2 Å². The first-order valence-corrected chi connectivity index (χ1v) is 9.77. The van der Waals surface area contributed by atoms with Gasteiger partial charge >= 0.3 is 0 Å². The van der Waals surface area contributed by atoms with Crippen LogP contribution in [0.25, 0.3) is 0 Å². The summed E-state index contributed by atoms with van der Waals surface area (Å²) < 4.78 is 44.5. The van der Waals surface area contributed by atoms with Crippen LogP contribution in [0.15, 0.2) is 42.5 Å². The molecule has 26 heavy (non-hydrogen) atoms. The van der Waals surface area contributed by atoms with Crippen molar-refractivity contribution in [1.82, 2.24) is 0 Å². The van der Waals surface area contributed by atoms with Crippen LogP contribution in [0.3, 0.4) is 0 Å². The van der Waals surface area contributed by atoms with Crippen molar-refractivity contribution in [3.63, 3.8) is 0 Å². The van der Waals surface area contributed by atoms with Gasteiger partial charge in [-0.1, -0.05) is 6.07 Å². The molecule has 8 heteroatoms. The highest BCUT2D eigenvalue weighted by Crippen LogP contribution is 2.34. The van der Waals surface area contributed by atoms with E-state index >= 15 is 0 Å². The summed E-state index contributed by atoms with van der Waals surface area (Å²) in [6.07, 6.45) is 1.42. The molecule has 3 rings (SSSR count). The molecule has 0 atom stereocenters. The molecular weight excluding hydrogens is 359 g/mol. The van der Waals surface area contributed by atoms with E-state index in [1.165, 1.54) is 29.6 Å². The highest BCUT2D eigenvalue weighted by atomic mass is 32.2. The van der Waals surface area contributed by atoms with Gasteiger partial charge in [-0.05, 0) is 43.2 Å². The fraction of sp³-hybridized carbons (Fsp3) is 0.278. The van der Waals surface area contributed by atoms with Crippen molar-refractivity contribution in [1.29, 1.82) is 0 Å². The number of halogens is 1. The lowest BCUT2D eigenvalue weighted by molar-refractivity contribution is 0.102. The number of rotatable bonds is 4. The smallest absolute Gasteiger partial charge is 0.255 e. The number of benzene rings is 2. The lowest BCUT2D eigenvalue weighted by atomic mass is 10.2. The monoisotopic (exact) mass is 378 g/mol. The number of carbonyl (C=O) groups excluding carboxylic acids is 1. The normalized spacial score (nSPS) is 16.2. The number of hydrogen-bond donors (Lipinski definition) is 1. The standard InChI is InChI=1S/C18H19FN2O4S/c1-25-17-12-15(20-18(22)13-5-4-6-14(19)11-13)7-8-16(17)21-9-2-3-10-26(21,23)24/h4-8,11-12H,2-3,9-10H2,1H3,(H,20,22). The van der Waals surface area contributed by atoms with Crippen LogP contribution in [0.5, 0.6) is 5.75 Å². The summed E-state index contributed by atoms with van der Waals surface area (Å²) in [4.78, 5) is 12.2. The van der Waals surface area contributed by atoms with Gasteiger partial charge in [0.2, 0.25) is 10.0 Å². The Kier molecular flexibility index (Phi) is 5.13. The van der Waals surface area contributed by atoms with Crippen molar-refractivity contribution in [3.05, 3.63) is 53.8 Å². The Balaban J connectivity index is 1.86. The molecule has 0 radical (unpaired) electrons. The molecule has 1 aliphatic rings. The first-order valence-electron chi connectivity index (χ1n) is 8.16. The Hall–Kier alpha value is -2.61. The van der Waals surface area contributed by atoms with Crippen LogP contribution >= 0.6 is 0 Å². The highest BCUT2D eigenvalue weighted by molar-refractivity contribution is 7.92. The summed E-state index contributed by atoms with van der Waals surface area (Å²) >= 11 is 0. The number of methoxy groups -OCH3 is 1. The Morgan fingerprint density at radius 3 is 2.69 bits per heavy atom. The molecule has 1 amide bonds. The van der Waals surface area contributed by atoms with Crippen molar-refractivity contribution in [2.45, 2.75) is 12.8 Å². The number of anilines is 2. The maximum Gasteiger partial charge on any atom is 0.255 e. The van der Waals surface area contributed by atoms with E-state index in [9.17, 15) is 17.6 Å². The molecule has 0 aromatic heterocycles. The van der Waals surface area contributed by atoms with Crippen molar-refractivity contribution in [2.75, 3.05) is 29.0 Å². The molecule has 1 fully saturated rings. The fourth-order valence-corrected chi connectivity index (χ4v) is 4.50. The van der Waals surface area contributed by atoms with E-state index < -0.39 is 21.7 Å². The van der Waals surface area contributed by atoms with Crippen molar-refractivity contribution < 1.29 is 22.3 Å². The van der Waals surface area contributed by atoms with Crippen LogP contribution in [0, 0.1) is 5.82 Å². The van der Waals surface area contributed by atoms with Gasteiger partial charge in [0.25, 0.3) is 5.91 Å². The number of sulfonamides is 1. The Labute approximate surface area is 151 Å². The maximum absolute atomic E-state index is 13.3. The van der Waals surface area contributed by atoms with Crippen LogP contribution in [0.4, 0.5) is 15.8 Å². The number of nitrogens with one attached hydrogen (secondary N) is 1. The van der Waals surface area contributed by atoms with Crippen molar-refractivity contribution >= 4 is 27.3 Å². The SMILES string of the molecule is COc1cc(NC(=O)c2cccc(F)c2)ccc1N1CCCCS1(=O)=O. The lowest BCUT2D eigenvalue weighted by Gasteiger charge is -2.29. The quantitative estimate of drug-likeness (QED) is 0.887. The largest absolute Gasteiger partial charge is 0.494 e. The van der Waals surface area contributed by atoms with Gasteiger partial charge in [-0.25, -0.2) is 12.8 Å². The van der Waals surface area contributed by atoms with Crippen LogP contribution in [-0.2, 0) is 10.0 Å². The summed E-state index contributed by atoms with van der Waals surface area (Å²) in [5, 5.41) is 2.66. The third-order valence-electron chi connectivity index (χ3n) is 4.14. The van der Waals surface area contributed by atoms with E-state index in [0.29, 0.717) is 30.1 Å². The van der Waals surface area contributed by atoms with E-state index in [1.807, 2.05) is 0 Å². The predicted molar refractivity (Wildman–Crippen MR) is 97.7 cm³/mol.